The maximum absolute atomic E-state index is 11.1. The summed E-state index contributed by atoms with van der Waals surface area (Å²) in [6.45, 7) is 6.18. The van der Waals surface area contributed by atoms with E-state index in [4.69, 9.17) is 11.5 Å². The number of carbonyl (C=O) groups excluding carboxylic acids is 1. The van der Waals surface area contributed by atoms with Gasteiger partial charge >= 0.3 is 0 Å². The van der Waals surface area contributed by atoms with Crippen LogP contribution < -0.4 is 11.5 Å². The van der Waals surface area contributed by atoms with Crippen LogP contribution in [0.2, 0.25) is 0 Å². The third-order valence-corrected chi connectivity index (χ3v) is 3.62. The molecule has 4 nitrogen and oxygen atoms in total. The predicted molar refractivity (Wildman–Crippen MR) is 49.8 cm³/mol. The molecule has 0 aromatic heterocycles. The summed E-state index contributed by atoms with van der Waals surface area (Å²) in [5.74, 6) is 0.297. The van der Waals surface area contributed by atoms with Gasteiger partial charge in [0, 0.05) is 31.0 Å². The van der Waals surface area contributed by atoms with Crippen LogP contribution >= 0.6 is 0 Å². The standard InChI is InChI=1S/C9H17N3O/c1-5(2)12-3-6-7(4-12)9(6,11)8(10)13/h5-7H,3-4,11H2,1-2H3,(H2,10,13)/t6-,7?,9-/m1/s1. The minimum atomic E-state index is -0.675. The van der Waals surface area contributed by atoms with E-state index in [1.165, 1.54) is 0 Å². The summed E-state index contributed by atoms with van der Waals surface area (Å²) in [6.07, 6.45) is 0. The van der Waals surface area contributed by atoms with Gasteiger partial charge in [-0.2, -0.15) is 0 Å². The molecular formula is C9H17N3O. The highest BCUT2D eigenvalue weighted by molar-refractivity contribution is 5.89. The van der Waals surface area contributed by atoms with Crippen molar-refractivity contribution >= 4 is 5.91 Å². The van der Waals surface area contributed by atoms with Crippen LogP contribution in [0.15, 0.2) is 0 Å². The largest absolute Gasteiger partial charge is 0.368 e. The van der Waals surface area contributed by atoms with Crippen molar-refractivity contribution in [3.05, 3.63) is 0 Å². The molecular weight excluding hydrogens is 166 g/mol. The summed E-state index contributed by atoms with van der Waals surface area (Å²) >= 11 is 0. The van der Waals surface area contributed by atoms with Crippen LogP contribution in [-0.2, 0) is 4.79 Å². The second-order valence-electron chi connectivity index (χ2n) is 4.56. The van der Waals surface area contributed by atoms with Crippen LogP contribution in [0.1, 0.15) is 13.8 Å². The van der Waals surface area contributed by atoms with E-state index in [1.807, 2.05) is 0 Å². The van der Waals surface area contributed by atoms with Crippen molar-refractivity contribution in [2.75, 3.05) is 13.1 Å². The number of piperidine rings is 1. The molecule has 13 heavy (non-hydrogen) atoms. The highest BCUT2D eigenvalue weighted by Crippen LogP contribution is 2.53. The minimum absolute atomic E-state index is 0.312. The highest BCUT2D eigenvalue weighted by atomic mass is 16.1. The van der Waals surface area contributed by atoms with E-state index >= 15 is 0 Å². The Morgan fingerprint density at radius 1 is 1.46 bits per heavy atom. The molecule has 2 rings (SSSR count). The van der Waals surface area contributed by atoms with Crippen LogP contribution in [-0.4, -0.2) is 35.5 Å². The van der Waals surface area contributed by atoms with E-state index < -0.39 is 5.54 Å². The number of likely N-dealkylation sites (tertiary alicyclic amines) is 1. The molecule has 1 aliphatic heterocycles. The van der Waals surface area contributed by atoms with Gasteiger partial charge in [0.05, 0.1) is 0 Å². The van der Waals surface area contributed by atoms with Gasteiger partial charge in [0.2, 0.25) is 5.91 Å². The number of rotatable bonds is 2. The zero-order valence-electron chi connectivity index (χ0n) is 8.16. The first-order valence-corrected chi connectivity index (χ1v) is 4.80. The third kappa shape index (κ3) is 1.02. The number of amides is 1. The Bertz CT molecular complexity index is 239. The number of hydrogen-bond acceptors (Lipinski definition) is 3. The first-order chi connectivity index (χ1) is 5.98. The van der Waals surface area contributed by atoms with Crippen LogP contribution in [0, 0.1) is 11.8 Å². The lowest BCUT2D eigenvalue weighted by Crippen LogP contribution is -2.48. The average molecular weight is 183 g/mol. The molecule has 1 aliphatic carbocycles. The Hall–Kier alpha value is -0.610. The summed E-state index contributed by atoms with van der Waals surface area (Å²) in [7, 11) is 0. The second-order valence-corrected chi connectivity index (χ2v) is 4.56. The molecule has 2 fully saturated rings. The van der Waals surface area contributed by atoms with E-state index in [0.29, 0.717) is 17.9 Å². The number of fused-ring (bicyclic) bond motifs is 1. The van der Waals surface area contributed by atoms with Crippen molar-refractivity contribution in [1.82, 2.24) is 4.90 Å². The Labute approximate surface area is 78.2 Å². The average Bonchev–Trinajstić information content (AvgIpc) is 2.49. The number of hydrogen-bond donors (Lipinski definition) is 2. The van der Waals surface area contributed by atoms with Gasteiger partial charge in [0.25, 0.3) is 0 Å². The van der Waals surface area contributed by atoms with Crippen molar-refractivity contribution in [3.63, 3.8) is 0 Å². The third-order valence-electron chi connectivity index (χ3n) is 3.62. The Morgan fingerprint density at radius 3 is 2.23 bits per heavy atom. The van der Waals surface area contributed by atoms with Gasteiger partial charge in [0.1, 0.15) is 5.54 Å². The number of carbonyl (C=O) groups is 1. The molecule has 0 radical (unpaired) electrons. The number of nitrogens with two attached hydrogens (primary N) is 2. The van der Waals surface area contributed by atoms with Crippen LogP contribution in [0.3, 0.4) is 0 Å². The van der Waals surface area contributed by atoms with Gasteiger partial charge in [-0.15, -0.1) is 0 Å². The SMILES string of the molecule is CC(C)N1CC2[C@@H](C1)[C@]2(N)C(N)=O. The molecule has 2 aliphatic rings. The maximum atomic E-state index is 11.1. The van der Waals surface area contributed by atoms with Gasteiger partial charge in [-0.25, -0.2) is 0 Å². The molecule has 74 valence electrons. The first-order valence-electron chi connectivity index (χ1n) is 4.80. The smallest absolute Gasteiger partial charge is 0.238 e. The van der Waals surface area contributed by atoms with E-state index in [0.717, 1.165) is 13.1 Å². The molecule has 0 aromatic carbocycles. The van der Waals surface area contributed by atoms with Crippen molar-refractivity contribution in [1.29, 1.82) is 0 Å². The van der Waals surface area contributed by atoms with E-state index in [9.17, 15) is 4.79 Å². The fourth-order valence-corrected chi connectivity index (χ4v) is 2.49. The topological polar surface area (TPSA) is 72.3 Å². The molecule has 0 aromatic rings. The van der Waals surface area contributed by atoms with Crippen LogP contribution in [0.25, 0.3) is 0 Å². The van der Waals surface area contributed by atoms with Gasteiger partial charge in [-0.05, 0) is 13.8 Å². The Kier molecular flexibility index (Phi) is 1.69. The maximum Gasteiger partial charge on any atom is 0.238 e. The van der Waals surface area contributed by atoms with Crippen molar-refractivity contribution in [3.8, 4) is 0 Å². The van der Waals surface area contributed by atoms with E-state index in [2.05, 4.69) is 18.7 Å². The molecule has 1 saturated carbocycles. The summed E-state index contributed by atoms with van der Waals surface area (Å²) in [4.78, 5) is 13.4. The van der Waals surface area contributed by atoms with E-state index in [1.54, 1.807) is 0 Å². The van der Waals surface area contributed by atoms with Crippen molar-refractivity contribution < 1.29 is 4.79 Å². The first kappa shape index (κ1) is 8.97. The van der Waals surface area contributed by atoms with Gasteiger partial charge < -0.3 is 16.4 Å². The molecule has 1 heterocycles. The second kappa shape index (κ2) is 2.45. The lowest BCUT2D eigenvalue weighted by Gasteiger charge is -2.25. The zero-order chi connectivity index (χ0) is 9.80. The number of nitrogens with zero attached hydrogens (tertiary/aromatic N) is 1. The van der Waals surface area contributed by atoms with Gasteiger partial charge in [-0.3, -0.25) is 4.79 Å². The fraction of sp³-hybridized carbons (Fsp3) is 0.889. The normalized spacial score (nSPS) is 43.7. The minimum Gasteiger partial charge on any atom is -0.368 e. The molecule has 4 N–H and O–H groups in total. The van der Waals surface area contributed by atoms with Crippen molar-refractivity contribution in [2.45, 2.75) is 25.4 Å². The Morgan fingerprint density at radius 2 is 1.92 bits per heavy atom. The molecule has 3 atom stereocenters. The quantitative estimate of drug-likeness (QED) is 0.585. The molecule has 0 spiro atoms. The van der Waals surface area contributed by atoms with Crippen molar-refractivity contribution in [2.24, 2.45) is 23.3 Å². The number of primary amides is 1. The lowest BCUT2D eigenvalue weighted by atomic mass is 10.1. The summed E-state index contributed by atoms with van der Waals surface area (Å²) in [5, 5.41) is 0. The molecule has 0 bridgehead atoms. The Balaban J connectivity index is 2.01. The summed E-state index contributed by atoms with van der Waals surface area (Å²) in [5.41, 5.74) is 10.5. The zero-order valence-corrected chi connectivity index (χ0v) is 8.16. The molecule has 4 heteroatoms. The fourth-order valence-electron chi connectivity index (χ4n) is 2.49. The monoisotopic (exact) mass is 183 g/mol. The predicted octanol–water partition coefficient (Wildman–Crippen LogP) is -0.861. The van der Waals surface area contributed by atoms with Gasteiger partial charge in [0.15, 0.2) is 0 Å². The lowest BCUT2D eigenvalue weighted by molar-refractivity contribution is -0.121. The van der Waals surface area contributed by atoms with Crippen LogP contribution in [0.5, 0.6) is 0 Å². The van der Waals surface area contributed by atoms with Crippen LogP contribution in [0.4, 0.5) is 0 Å². The molecule has 1 unspecified atom stereocenters. The summed E-state index contributed by atoms with van der Waals surface area (Å²) < 4.78 is 0. The highest BCUT2D eigenvalue weighted by Gasteiger charge is 2.69. The molecule has 1 amide bonds. The van der Waals surface area contributed by atoms with Gasteiger partial charge in [-0.1, -0.05) is 0 Å². The van der Waals surface area contributed by atoms with E-state index in [-0.39, 0.29) is 5.91 Å². The summed E-state index contributed by atoms with van der Waals surface area (Å²) in [6, 6.07) is 0.546. The molecule has 1 saturated heterocycles.